The summed E-state index contributed by atoms with van der Waals surface area (Å²) in [6.07, 6.45) is 5.32. The Balaban J connectivity index is 0.00000261. The summed E-state index contributed by atoms with van der Waals surface area (Å²) >= 11 is 0. The highest BCUT2D eigenvalue weighted by Crippen LogP contribution is 2.34. The summed E-state index contributed by atoms with van der Waals surface area (Å²) in [5, 5.41) is 6.90. The van der Waals surface area contributed by atoms with Crippen molar-refractivity contribution >= 4 is 29.9 Å². The van der Waals surface area contributed by atoms with Crippen molar-refractivity contribution in [1.82, 2.24) is 15.5 Å². The number of hydrogen-bond acceptors (Lipinski definition) is 3. The zero-order valence-electron chi connectivity index (χ0n) is 16.9. The van der Waals surface area contributed by atoms with Gasteiger partial charge in [0.2, 0.25) is 0 Å². The second-order valence-corrected chi connectivity index (χ2v) is 7.81. The van der Waals surface area contributed by atoms with E-state index in [0.717, 1.165) is 48.8 Å². The SMILES string of the molecule is CCNC(=NCc1ccccc1OCC1CC1)NCC(C1CC1)N(C)C.I. The topological polar surface area (TPSA) is 48.9 Å². The number of halogens is 1. The van der Waals surface area contributed by atoms with E-state index >= 15 is 0 Å². The van der Waals surface area contributed by atoms with Crippen molar-refractivity contribution in [3.63, 3.8) is 0 Å². The molecule has 1 aromatic carbocycles. The van der Waals surface area contributed by atoms with E-state index in [1.807, 2.05) is 6.07 Å². The monoisotopic (exact) mass is 486 g/mol. The van der Waals surface area contributed by atoms with Crippen LogP contribution in [-0.2, 0) is 6.54 Å². The van der Waals surface area contributed by atoms with Crippen LogP contribution in [0.4, 0.5) is 0 Å². The Morgan fingerprint density at radius 2 is 1.93 bits per heavy atom. The first-order valence-corrected chi connectivity index (χ1v) is 10.1. The molecule has 152 valence electrons. The van der Waals surface area contributed by atoms with E-state index in [-0.39, 0.29) is 24.0 Å². The Labute approximate surface area is 181 Å². The van der Waals surface area contributed by atoms with Gasteiger partial charge in [0.15, 0.2) is 5.96 Å². The maximum absolute atomic E-state index is 6.01. The van der Waals surface area contributed by atoms with Crippen molar-refractivity contribution in [2.24, 2.45) is 16.8 Å². The fourth-order valence-corrected chi connectivity index (χ4v) is 3.23. The molecule has 1 atom stereocenters. The highest BCUT2D eigenvalue weighted by atomic mass is 127. The van der Waals surface area contributed by atoms with Gasteiger partial charge in [-0.15, -0.1) is 24.0 Å². The molecule has 2 aliphatic carbocycles. The lowest BCUT2D eigenvalue weighted by Crippen LogP contribution is -2.46. The van der Waals surface area contributed by atoms with Crippen LogP contribution in [0, 0.1) is 11.8 Å². The first-order chi connectivity index (χ1) is 12.7. The fourth-order valence-electron chi connectivity index (χ4n) is 3.23. The number of ether oxygens (including phenoxy) is 1. The molecule has 0 heterocycles. The largest absolute Gasteiger partial charge is 0.493 e. The third kappa shape index (κ3) is 7.49. The fraction of sp³-hybridized carbons (Fsp3) is 0.667. The van der Waals surface area contributed by atoms with Gasteiger partial charge in [0.25, 0.3) is 0 Å². The minimum Gasteiger partial charge on any atom is -0.493 e. The van der Waals surface area contributed by atoms with E-state index in [1.165, 1.54) is 25.7 Å². The van der Waals surface area contributed by atoms with Crippen LogP contribution in [0.15, 0.2) is 29.3 Å². The van der Waals surface area contributed by atoms with Gasteiger partial charge in [-0.3, -0.25) is 0 Å². The number of aliphatic imine (C=N–C) groups is 1. The number of guanidine groups is 1. The number of nitrogens with zero attached hydrogens (tertiary/aromatic N) is 2. The van der Waals surface area contributed by atoms with E-state index in [0.29, 0.717) is 12.6 Å². The van der Waals surface area contributed by atoms with Crippen LogP contribution in [0.5, 0.6) is 5.75 Å². The summed E-state index contributed by atoms with van der Waals surface area (Å²) in [7, 11) is 4.34. The van der Waals surface area contributed by atoms with E-state index < -0.39 is 0 Å². The number of rotatable bonds is 10. The Hall–Kier alpha value is -1.02. The first kappa shape index (κ1) is 22.3. The van der Waals surface area contributed by atoms with Gasteiger partial charge in [0, 0.05) is 24.7 Å². The Morgan fingerprint density at radius 3 is 2.56 bits per heavy atom. The molecule has 0 spiro atoms. The molecule has 1 aromatic rings. The zero-order valence-corrected chi connectivity index (χ0v) is 19.2. The number of hydrogen-bond donors (Lipinski definition) is 2. The van der Waals surface area contributed by atoms with Gasteiger partial charge in [-0.05, 0) is 64.6 Å². The van der Waals surface area contributed by atoms with E-state index in [9.17, 15) is 0 Å². The average molecular weight is 486 g/mol. The summed E-state index contributed by atoms with van der Waals surface area (Å²) in [5.74, 6) is 3.45. The van der Waals surface area contributed by atoms with Gasteiger partial charge in [-0.2, -0.15) is 0 Å². The van der Waals surface area contributed by atoms with E-state index in [2.05, 4.69) is 54.8 Å². The van der Waals surface area contributed by atoms with Crippen LogP contribution in [0.2, 0.25) is 0 Å². The lowest BCUT2D eigenvalue weighted by atomic mass is 10.1. The Bertz CT molecular complexity index is 598. The van der Waals surface area contributed by atoms with Crippen molar-refractivity contribution in [2.75, 3.05) is 33.8 Å². The summed E-state index contributed by atoms with van der Waals surface area (Å²) in [4.78, 5) is 7.12. The molecule has 2 aliphatic rings. The van der Waals surface area contributed by atoms with Gasteiger partial charge < -0.3 is 20.3 Å². The molecular formula is C21H35IN4O. The maximum Gasteiger partial charge on any atom is 0.191 e. The summed E-state index contributed by atoms with van der Waals surface area (Å²) < 4.78 is 6.01. The number of nitrogens with one attached hydrogen (secondary N) is 2. The van der Waals surface area contributed by atoms with E-state index in [4.69, 9.17) is 9.73 Å². The van der Waals surface area contributed by atoms with Crippen molar-refractivity contribution in [2.45, 2.75) is 45.2 Å². The number of likely N-dealkylation sites (N-methyl/N-ethyl adjacent to an activating group) is 1. The van der Waals surface area contributed by atoms with E-state index in [1.54, 1.807) is 0 Å². The highest BCUT2D eigenvalue weighted by Gasteiger charge is 2.32. The summed E-state index contributed by atoms with van der Waals surface area (Å²) in [5.41, 5.74) is 1.15. The van der Waals surface area contributed by atoms with Crippen molar-refractivity contribution in [3.8, 4) is 5.75 Å². The van der Waals surface area contributed by atoms with Gasteiger partial charge in [0.1, 0.15) is 5.75 Å². The lowest BCUT2D eigenvalue weighted by molar-refractivity contribution is 0.264. The van der Waals surface area contributed by atoms with Gasteiger partial charge >= 0.3 is 0 Å². The molecule has 2 fully saturated rings. The molecule has 0 aliphatic heterocycles. The molecule has 1 unspecified atom stereocenters. The van der Waals surface area contributed by atoms with Gasteiger partial charge in [-0.25, -0.2) is 4.99 Å². The summed E-state index contributed by atoms with van der Waals surface area (Å²) in [6, 6.07) is 8.85. The van der Waals surface area contributed by atoms with Crippen LogP contribution < -0.4 is 15.4 Å². The highest BCUT2D eigenvalue weighted by molar-refractivity contribution is 14.0. The number of benzene rings is 1. The second kappa shape index (κ2) is 11.1. The third-order valence-electron chi connectivity index (χ3n) is 5.20. The standard InChI is InChI=1S/C21H34N4O.HI/c1-4-22-21(24-14-19(25(2)3)17-11-12-17)23-13-18-7-5-6-8-20(18)26-15-16-9-10-16;/h5-8,16-17,19H,4,9-15H2,1-3H3,(H2,22,23,24);1H. The molecule has 0 radical (unpaired) electrons. The smallest absolute Gasteiger partial charge is 0.191 e. The lowest BCUT2D eigenvalue weighted by Gasteiger charge is -2.25. The van der Waals surface area contributed by atoms with Gasteiger partial charge in [-0.1, -0.05) is 18.2 Å². The Kier molecular flexibility index (Phi) is 9.15. The van der Waals surface area contributed by atoms with Crippen molar-refractivity contribution < 1.29 is 4.74 Å². The minimum absolute atomic E-state index is 0. The summed E-state index contributed by atoms with van der Waals surface area (Å²) in [6.45, 7) is 5.37. The van der Waals surface area contributed by atoms with Gasteiger partial charge in [0.05, 0.1) is 13.2 Å². The average Bonchev–Trinajstić information content (AvgIpc) is 3.53. The molecule has 0 aromatic heterocycles. The predicted molar refractivity (Wildman–Crippen MR) is 123 cm³/mol. The Morgan fingerprint density at radius 1 is 1.19 bits per heavy atom. The molecule has 6 heteroatoms. The molecule has 2 saturated carbocycles. The second-order valence-electron chi connectivity index (χ2n) is 7.81. The third-order valence-corrected chi connectivity index (χ3v) is 5.20. The molecule has 0 saturated heterocycles. The van der Waals surface area contributed by atoms with Crippen LogP contribution in [0.25, 0.3) is 0 Å². The molecular weight excluding hydrogens is 451 g/mol. The van der Waals surface area contributed by atoms with Crippen molar-refractivity contribution in [1.29, 1.82) is 0 Å². The molecule has 2 N–H and O–H groups in total. The maximum atomic E-state index is 6.01. The van der Waals surface area contributed by atoms with Crippen LogP contribution in [-0.4, -0.2) is 50.7 Å². The quantitative estimate of drug-likeness (QED) is 0.302. The van der Waals surface area contributed by atoms with Crippen LogP contribution >= 0.6 is 24.0 Å². The molecule has 0 amide bonds. The van der Waals surface area contributed by atoms with Crippen LogP contribution in [0.3, 0.4) is 0 Å². The van der Waals surface area contributed by atoms with Crippen molar-refractivity contribution in [3.05, 3.63) is 29.8 Å². The molecule has 27 heavy (non-hydrogen) atoms. The molecule has 5 nitrogen and oxygen atoms in total. The minimum atomic E-state index is 0. The first-order valence-electron chi connectivity index (χ1n) is 10.1. The zero-order chi connectivity index (χ0) is 18.4. The molecule has 0 bridgehead atoms. The van der Waals surface area contributed by atoms with Crippen LogP contribution in [0.1, 0.15) is 38.2 Å². The normalized spacial score (nSPS) is 18.0. The number of para-hydroxylation sites is 1. The molecule has 3 rings (SSSR count). The predicted octanol–water partition coefficient (Wildman–Crippen LogP) is 3.49.